The number of urea groups is 1. The standard InChI is InChI=1S/C26H28N4O3/c1-16-13-20-14-23(32-4)24(33-5)15-22(20)25(29-30(16)26(31)27-3)19-10-8-18(9-11-19)21-7-6-12-28-17(21)2/h6-15,25,29H,1-5H3,(H,27,31). The Morgan fingerprint density at radius 2 is 1.76 bits per heavy atom. The van der Waals surface area contributed by atoms with Gasteiger partial charge in [0.25, 0.3) is 0 Å². The molecule has 0 saturated heterocycles. The van der Waals surface area contributed by atoms with Crippen LogP contribution in [0.4, 0.5) is 4.79 Å². The number of aryl methyl sites for hydroxylation is 1. The lowest BCUT2D eigenvalue weighted by molar-refractivity contribution is 0.187. The van der Waals surface area contributed by atoms with Crippen molar-refractivity contribution in [1.29, 1.82) is 0 Å². The molecule has 1 aliphatic heterocycles. The lowest BCUT2D eigenvalue weighted by Gasteiger charge is -2.28. The average Bonchev–Trinajstić information content (AvgIpc) is 2.98. The summed E-state index contributed by atoms with van der Waals surface area (Å²) in [6.07, 6.45) is 3.76. The highest BCUT2D eigenvalue weighted by Crippen LogP contribution is 2.39. The summed E-state index contributed by atoms with van der Waals surface area (Å²) in [5.74, 6) is 1.26. The molecule has 0 fully saturated rings. The Morgan fingerprint density at radius 1 is 1.06 bits per heavy atom. The molecule has 2 aromatic carbocycles. The summed E-state index contributed by atoms with van der Waals surface area (Å²) >= 11 is 0. The van der Waals surface area contributed by atoms with Crippen molar-refractivity contribution in [3.8, 4) is 22.6 Å². The molecule has 0 bridgehead atoms. The number of pyridine rings is 1. The number of methoxy groups -OCH3 is 2. The van der Waals surface area contributed by atoms with E-state index >= 15 is 0 Å². The van der Waals surface area contributed by atoms with E-state index in [4.69, 9.17) is 9.47 Å². The molecule has 1 aliphatic rings. The van der Waals surface area contributed by atoms with Crippen LogP contribution < -0.4 is 20.2 Å². The van der Waals surface area contributed by atoms with Crippen LogP contribution in [0.2, 0.25) is 0 Å². The number of rotatable bonds is 4. The minimum absolute atomic E-state index is 0.247. The first-order valence-corrected chi connectivity index (χ1v) is 10.7. The Hall–Kier alpha value is -3.84. The summed E-state index contributed by atoms with van der Waals surface area (Å²) < 4.78 is 11.1. The van der Waals surface area contributed by atoms with Gasteiger partial charge in [-0.2, -0.15) is 0 Å². The molecule has 4 rings (SSSR count). The molecule has 2 amide bonds. The molecule has 0 radical (unpaired) electrons. The molecule has 7 heteroatoms. The summed E-state index contributed by atoms with van der Waals surface area (Å²) in [4.78, 5) is 17.0. The quantitative estimate of drug-likeness (QED) is 0.611. The van der Waals surface area contributed by atoms with Crippen molar-refractivity contribution < 1.29 is 14.3 Å². The van der Waals surface area contributed by atoms with Crippen molar-refractivity contribution >= 4 is 12.1 Å². The summed E-state index contributed by atoms with van der Waals surface area (Å²) in [6.45, 7) is 3.89. The number of nitrogens with one attached hydrogen (secondary N) is 2. The van der Waals surface area contributed by atoms with Gasteiger partial charge in [-0.05, 0) is 60.4 Å². The third-order valence-electron chi connectivity index (χ3n) is 5.85. The lowest BCUT2D eigenvalue weighted by atomic mass is 9.92. The highest BCUT2D eigenvalue weighted by atomic mass is 16.5. The minimum atomic E-state index is -0.296. The number of hydrogen-bond donors (Lipinski definition) is 2. The zero-order chi connectivity index (χ0) is 23.5. The van der Waals surface area contributed by atoms with Gasteiger partial charge in [-0.3, -0.25) is 4.98 Å². The third-order valence-corrected chi connectivity index (χ3v) is 5.85. The van der Waals surface area contributed by atoms with Crippen molar-refractivity contribution in [2.24, 2.45) is 0 Å². The summed E-state index contributed by atoms with van der Waals surface area (Å²) in [6, 6.07) is 15.7. The second-order valence-corrected chi connectivity index (χ2v) is 7.83. The van der Waals surface area contributed by atoms with Crippen molar-refractivity contribution in [1.82, 2.24) is 20.7 Å². The smallest absolute Gasteiger partial charge is 0.335 e. The van der Waals surface area contributed by atoms with Crippen LogP contribution in [0.3, 0.4) is 0 Å². The summed E-state index contributed by atoms with van der Waals surface area (Å²) in [7, 11) is 4.84. The molecule has 0 aliphatic carbocycles. The molecule has 33 heavy (non-hydrogen) atoms. The van der Waals surface area contributed by atoms with E-state index in [0.717, 1.165) is 39.2 Å². The van der Waals surface area contributed by atoms with E-state index in [1.54, 1.807) is 27.5 Å². The van der Waals surface area contributed by atoms with Crippen LogP contribution >= 0.6 is 0 Å². The fourth-order valence-corrected chi connectivity index (χ4v) is 4.10. The number of benzene rings is 2. The van der Waals surface area contributed by atoms with Gasteiger partial charge in [0.1, 0.15) is 0 Å². The van der Waals surface area contributed by atoms with Gasteiger partial charge in [-0.15, -0.1) is 0 Å². The van der Waals surface area contributed by atoms with Gasteiger partial charge in [-0.1, -0.05) is 30.3 Å². The Kier molecular flexibility index (Phi) is 6.33. The Bertz CT molecular complexity index is 1200. The zero-order valence-electron chi connectivity index (χ0n) is 19.5. The Labute approximate surface area is 194 Å². The first kappa shape index (κ1) is 22.4. The number of ether oxygens (including phenoxy) is 2. The molecule has 3 aromatic rings. The predicted octanol–water partition coefficient (Wildman–Crippen LogP) is 4.68. The molecule has 7 nitrogen and oxygen atoms in total. The van der Waals surface area contributed by atoms with E-state index in [9.17, 15) is 4.79 Å². The van der Waals surface area contributed by atoms with E-state index < -0.39 is 0 Å². The van der Waals surface area contributed by atoms with Gasteiger partial charge in [0.15, 0.2) is 11.5 Å². The van der Waals surface area contributed by atoms with Crippen molar-refractivity contribution in [3.63, 3.8) is 0 Å². The molecule has 2 heterocycles. The Balaban J connectivity index is 1.82. The molecular formula is C26H28N4O3. The highest BCUT2D eigenvalue weighted by molar-refractivity contribution is 5.78. The van der Waals surface area contributed by atoms with E-state index in [1.807, 2.05) is 38.1 Å². The lowest BCUT2D eigenvalue weighted by Crippen LogP contribution is -2.47. The molecule has 0 saturated carbocycles. The summed E-state index contributed by atoms with van der Waals surface area (Å²) in [5.41, 5.74) is 10.2. The van der Waals surface area contributed by atoms with Gasteiger partial charge >= 0.3 is 6.03 Å². The zero-order valence-corrected chi connectivity index (χ0v) is 19.5. The molecule has 2 N–H and O–H groups in total. The fourth-order valence-electron chi connectivity index (χ4n) is 4.10. The van der Waals surface area contributed by atoms with Crippen LogP contribution in [-0.2, 0) is 0 Å². The number of carbonyl (C=O) groups excluding carboxylic acids is 1. The van der Waals surface area contributed by atoms with E-state index in [1.165, 1.54) is 5.01 Å². The largest absolute Gasteiger partial charge is 0.493 e. The maximum atomic E-state index is 12.6. The molecular weight excluding hydrogens is 416 g/mol. The van der Waals surface area contributed by atoms with Crippen LogP contribution in [0.1, 0.15) is 35.3 Å². The van der Waals surface area contributed by atoms with E-state index in [0.29, 0.717) is 11.5 Å². The average molecular weight is 445 g/mol. The monoisotopic (exact) mass is 444 g/mol. The summed E-state index contributed by atoms with van der Waals surface area (Å²) in [5, 5.41) is 4.23. The fraction of sp³-hybridized carbons (Fsp3) is 0.231. The van der Waals surface area contributed by atoms with E-state index in [-0.39, 0.29) is 12.1 Å². The van der Waals surface area contributed by atoms with Gasteiger partial charge in [0.05, 0.1) is 20.3 Å². The number of hydrogen-bond acceptors (Lipinski definition) is 5. The minimum Gasteiger partial charge on any atom is -0.493 e. The van der Waals surface area contributed by atoms with Gasteiger partial charge < -0.3 is 14.8 Å². The number of aromatic nitrogens is 1. The van der Waals surface area contributed by atoms with Crippen LogP contribution in [0, 0.1) is 6.92 Å². The second-order valence-electron chi connectivity index (χ2n) is 7.83. The number of fused-ring (bicyclic) bond motifs is 1. The van der Waals surface area contributed by atoms with Gasteiger partial charge in [-0.25, -0.2) is 15.2 Å². The molecule has 1 unspecified atom stereocenters. The third kappa shape index (κ3) is 4.27. The number of hydrazine groups is 1. The number of carbonyl (C=O) groups is 1. The van der Waals surface area contributed by atoms with E-state index in [2.05, 4.69) is 46.1 Å². The molecule has 170 valence electrons. The molecule has 0 spiro atoms. The van der Waals surface area contributed by atoms with Crippen molar-refractivity contribution in [2.45, 2.75) is 19.9 Å². The van der Waals surface area contributed by atoms with Crippen LogP contribution in [0.5, 0.6) is 11.5 Å². The maximum Gasteiger partial charge on any atom is 0.335 e. The highest BCUT2D eigenvalue weighted by Gasteiger charge is 2.28. The SMILES string of the molecule is CNC(=O)N1NC(c2ccc(-c3cccnc3C)cc2)c2cc(OC)c(OC)cc2C=C1C. The first-order valence-electron chi connectivity index (χ1n) is 10.7. The second kappa shape index (κ2) is 9.34. The first-order chi connectivity index (χ1) is 16.0. The van der Waals surface area contributed by atoms with Gasteiger partial charge in [0, 0.05) is 30.2 Å². The predicted molar refractivity (Wildman–Crippen MR) is 129 cm³/mol. The van der Waals surface area contributed by atoms with Crippen molar-refractivity contribution in [3.05, 3.63) is 82.8 Å². The normalized spacial score (nSPS) is 15.2. The number of nitrogens with zero attached hydrogens (tertiary/aromatic N) is 2. The number of allylic oxidation sites excluding steroid dienone is 1. The van der Waals surface area contributed by atoms with Crippen LogP contribution in [-0.4, -0.2) is 37.3 Å². The Morgan fingerprint density at radius 3 is 2.39 bits per heavy atom. The topological polar surface area (TPSA) is 75.7 Å². The van der Waals surface area contributed by atoms with Crippen LogP contribution in [0.15, 0.2) is 60.4 Å². The van der Waals surface area contributed by atoms with Gasteiger partial charge in [0.2, 0.25) is 0 Å². The maximum absolute atomic E-state index is 12.6. The van der Waals surface area contributed by atoms with Crippen molar-refractivity contribution in [2.75, 3.05) is 21.3 Å². The van der Waals surface area contributed by atoms with Crippen LogP contribution in [0.25, 0.3) is 17.2 Å². The molecule has 1 aromatic heterocycles. The number of amides is 2. The molecule has 1 atom stereocenters.